The van der Waals surface area contributed by atoms with Gasteiger partial charge in [0, 0.05) is 24.6 Å². The number of aromatic nitrogens is 2. The summed E-state index contributed by atoms with van der Waals surface area (Å²) in [6.45, 7) is 0.843. The van der Waals surface area contributed by atoms with E-state index in [4.69, 9.17) is 0 Å². The number of hydrogen-bond donors (Lipinski definition) is 1. The van der Waals surface area contributed by atoms with Crippen LogP contribution in [0.4, 0.5) is 5.69 Å². The van der Waals surface area contributed by atoms with Gasteiger partial charge in [-0.15, -0.1) is 0 Å². The highest BCUT2D eigenvalue weighted by atomic mass is 16.1. The van der Waals surface area contributed by atoms with Gasteiger partial charge in [-0.2, -0.15) is 0 Å². The van der Waals surface area contributed by atoms with Gasteiger partial charge in [0.2, 0.25) is 5.91 Å². The summed E-state index contributed by atoms with van der Waals surface area (Å²) in [4.78, 5) is 18.8. The average Bonchev–Trinajstić information content (AvgIpc) is 2.88. The van der Waals surface area contributed by atoms with Gasteiger partial charge in [-0.3, -0.25) is 4.79 Å². The topological polar surface area (TPSA) is 49.6 Å². The molecule has 2 heterocycles. The molecule has 0 aliphatic rings. The Morgan fingerprint density at radius 2 is 2.09 bits per heavy atom. The summed E-state index contributed by atoms with van der Waals surface area (Å²) < 4.78 is 1.92. The predicted molar refractivity (Wildman–Crippen MR) is 91.4 cm³/mol. The molecular formula is C18H20N4O. The zero-order chi connectivity index (χ0) is 16.2. The first-order valence-corrected chi connectivity index (χ1v) is 7.56. The second-order valence-electron chi connectivity index (χ2n) is 5.86. The van der Waals surface area contributed by atoms with Gasteiger partial charge < -0.3 is 14.6 Å². The number of carbonyl (C=O) groups excluding carboxylic acids is 1. The van der Waals surface area contributed by atoms with Crippen LogP contribution in [0.3, 0.4) is 0 Å². The van der Waals surface area contributed by atoms with Crippen molar-refractivity contribution >= 4 is 17.2 Å². The molecule has 118 valence electrons. The second-order valence-corrected chi connectivity index (χ2v) is 5.86. The monoisotopic (exact) mass is 308 g/mol. The van der Waals surface area contributed by atoms with E-state index in [2.05, 4.69) is 21.3 Å². The lowest BCUT2D eigenvalue weighted by atomic mass is 10.2. The van der Waals surface area contributed by atoms with E-state index < -0.39 is 0 Å². The highest BCUT2D eigenvalue weighted by molar-refractivity contribution is 5.92. The largest absolute Gasteiger partial charge is 0.326 e. The van der Waals surface area contributed by atoms with Crippen LogP contribution < -0.4 is 5.32 Å². The van der Waals surface area contributed by atoms with E-state index in [0.717, 1.165) is 23.6 Å². The van der Waals surface area contributed by atoms with Crippen LogP contribution in [0.25, 0.3) is 5.65 Å². The van der Waals surface area contributed by atoms with Crippen LogP contribution in [-0.4, -0.2) is 34.3 Å². The lowest BCUT2D eigenvalue weighted by Crippen LogP contribution is -2.15. The molecular weight excluding hydrogens is 288 g/mol. The third-order valence-corrected chi connectivity index (χ3v) is 3.47. The van der Waals surface area contributed by atoms with Crippen LogP contribution in [0, 0.1) is 0 Å². The Labute approximate surface area is 135 Å². The number of pyridine rings is 1. The first-order valence-electron chi connectivity index (χ1n) is 7.56. The van der Waals surface area contributed by atoms with E-state index in [9.17, 15) is 4.79 Å². The molecule has 1 amide bonds. The molecule has 0 saturated heterocycles. The zero-order valence-electron chi connectivity index (χ0n) is 13.4. The number of hydrogen-bond acceptors (Lipinski definition) is 3. The van der Waals surface area contributed by atoms with Crippen LogP contribution in [0.15, 0.2) is 54.9 Å². The number of nitrogens with zero attached hydrogens (tertiary/aromatic N) is 3. The molecule has 23 heavy (non-hydrogen) atoms. The van der Waals surface area contributed by atoms with Crippen LogP contribution in [0.1, 0.15) is 11.3 Å². The Morgan fingerprint density at radius 1 is 1.22 bits per heavy atom. The minimum absolute atomic E-state index is 0.0598. The number of benzene rings is 1. The molecule has 1 aromatic carbocycles. The van der Waals surface area contributed by atoms with Crippen molar-refractivity contribution in [1.82, 2.24) is 14.3 Å². The van der Waals surface area contributed by atoms with Gasteiger partial charge >= 0.3 is 0 Å². The lowest BCUT2D eigenvalue weighted by molar-refractivity contribution is -0.115. The van der Waals surface area contributed by atoms with Crippen molar-refractivity contribution in [3.8, 4) is 0 Å². The number of fused-ring (bicyclic) bond motifs is 1. The first-order chi connectivity index (χ1) is 11.1. The van der Waals surface area contributed by atoms with Gasteiger partial charge in [0.1, 0.15) is 5.65 Å². The van der Waals surface area contributed by atoms with Crippen molar-refractivity contribution in [2.45, 2.75) is 13.0 Å². The summed E-state index contributed by atoms with van der Waals surface area (Å²) in [5.74, 6) is -0.0598. The predicted octanol–water partition coefficient (Wildman–Crippen LogP) is 2.58. The number of anilines is 1. The summed E-state index contributed by atoms with van der Waals surface area (Å²) in [6.07, 6.45) is 4.07. The van der Waals surface area contributed by atoms with E-state index >= 15 is 0 Å². The van der Waals surface area contributed by atoms with Crippen molar-refractivity contribution in [3.63, 3.8) is 0 Å². The molecule has 5 heteroatoms. The Kier molecular flexibility index (Phi) is 4.39. The summed E-state index contributed by atoms with van der Waals surface area (Å²) in [5, 5.41) is 2.94. The van der Waals surface area contributed by atoms with E-state index in [1.807, 2.05) is 67.3 Å². The van der Waals surface area contributed by atoms with Crippen molar-refractivity contribution in [2.75, 3.05) is 19.4 Å². The van der Waals surface area contributed by atoms with Crippen molar-refractivity contribution in [1.29, 1.82) is 0 Å². The van der Waals surface area contributed by atoms with Crippen LogP contribution in [-0.2, 0) is 17.8 Å². The summed E-state index contributed by atoms with van der Waals surface area (Å²) >= 11 is 0. The second kappa shape index (κ2) is 6.62. The number of nitrogens with one attached hydrogen (secondary N) is 1. The van der Waals surface area contributed by atoms with Crippen molar-refractivity contribution in [2.24, 2.45) is 0 Å². The SMILES string of the molecule is CN(C)Cc1cccc(NC(=O)Cc2cn3ccccc3n2)c1. The van der Waals surface area contributed by atoms with Gasteiger partial charge in [0.15, 0.2) is 0 Å². The first kappa shape index (κ1) is 15.2. The molecule has 0 saturated carbocycles. The Hall–Kier alpha value is -2.66. The van der Waals surface area contributed by atoms with Gasteiger partial charge in [-0.05, 0) is 43.9 Å². The molecule has 2 aromatic heterocycles. The smallest absolute Gasteiger partial charge is 0.230 e. The summed E-state index contributed by atoms with van der Waals surface area (Å²) in [6, 6.07) is 13.7. The van der Waals surface area contributed by atoms with Gasteiger partial charge in [-0.1, -0.05) is 18.2 Å². The number of carbonyl (C=O) groups is 1. The van der Waals surface area contributed by atoms with Gasteiger partial charge in [-0.25, -0.2) is 4.98 Å². The van der Waals surface area contributed by atoms with Crippen molar-refractivity contribution < 1.29 is 4.79 Å². The van der Waals surface area contributed by atoms with Gasteiger partial charge in [0.25, 0.3) is 0 Å². The molecule has 1 N–H and O–H groups in total. The van der Waals surface area contributed by atoms with Crippen LogP contribution >= 0.6 is 0 Å². The highest BCUT2D eigenvalue weighted by Crippen LogP contribution is 2.13. The van der Waals surface area contributed by atoms with Crippen LogP contribution in [0.5, 0.6) is 0 Å². The fraction of sp³-hybridized carbons (Fsp3) is 0.222. The maximum absolute atomic E-state index is 12.2. The Bertz CT molecular complexity index is 790. The van der Waals surface area contributed by atoms with Crippen molar-refractivity contribution in [3.05, 3.63) is 66.1 Å². The molecule has 0 unspecified atom stereocenters. The maximum Gasteiger partial charge on any atom is 0.230 e. The summed E-state index contributed by atoms with van der Waals surface area (Å²) in [5.41, 5.74) is 3.60. The van der Waals surface area contributed by atoms with E-state index in [-0.39, 0.29) is 12.3 Å². The number of rotatable bonds is 5. The fourth-order valence-electron chi connectivity index (χ4n) is 2.55. The minimum atomic E-state index is -0.0598. The Balaban J connectivity index is 1.67. The molecule has 5 nitrogen and oxygen atoms in total. The minimum Gasteiger partial charge on any atom is -0.326 e. The lowest BCUT2D eigenvalue weighted by Gasteiger charge is -2.11. The Morgan fingerprint density at radius 3 is 2.87 bits per heavy atom. The highest BCUT2D eigenvalue weighted by Gasteiger charge is 2.08. The maximum atomic E-state index is 12.2. The molecule has 0 atom stereocenters. The molecule has 0 aliphatic heterocycles. The van der Waals surface area contributed by atoms with Gasteiger partial charge in [0.05, 0.1) is 12.1 Å². The van der Waals surface area contributed by atoms with Crippen LogP contribution in [0.2, 0.25) is 0 Å². The standard InChI is InChI=1S/C18H20N4O/c1-21(2)12-14-6-5-7-15(10-14)20-18(23)11-16-13-22-9-4-3-8-17(22)19-16/h3-10,13H,11-12H2,1-2H3,(H,20,23). The number of imidazole rings is 1. The third kappa shape index (κ3) is 3.96. The quantitative estimate of drug-likeness (QED) is 0.788. The normalized spacial score (nSPS) is 11.1. The number of amides is 1. The average molecular weight is 308 g/mol. The molecule has 0 bridgehead atoms. The molecule has 0 spiro atoms. The van der Waals surface area contributed by atoms with E-state index in [1.54, 1.807) is 0 Å². The summed E-state index contributed by atoms with van der Waals surface area (Å²) in [7, 11) is 4.04. The van der Waals surface area contributed by atoms with E-state index in [0.29, 0.717) is 0 Å². The molecule has 3 aromatic rings. The molecule has 0 radical (unpaired) electrons. The zero-order valence-corrected chi connectivity index (χ0v) is 13.4. The fourth-order valence-corrected chi connectivity index (χ4v) is 2.55. The van der Waals surface area contributed by atoms with E-state index in [1.165, 1.54) is 5.56 Å². The molecule has 0 fully saturated rings. The third-order valence-electron chi connectivity index (χ3n) is 3.47. The molecule has 3 rings (SSSR count). The molecule has 0 aliphatic carbocycles.